The third-order valence-electron chi connectivity index (χ3n) is 3.92. The van der Waals surface area contributed by atoms with Gasteiger partial charge in [-0.3, -0.25) is 4.79 Å². The van der Waals surface area contributed by atoms with Crippen molar-refractivity contribution in [1.29, 1.82) is 0 Å². The molecule has 0 fully saturated rings. The van der Waals surface area contributed by atoms with Gasteiger partial charge in [0.15, 0.2) is 0 Å². The Hall–Kier alpha value is -3.29. The van der Waals surface area contributed by atoms with Gasteiger partial charge in [0.25, 0.3) is 5.91 Å². The first-order chi connectivity index (χ1) is 13.1. The Morgan fingerprint density at radius 2 is 1.79 bits per heavy atom. The van der Waals surface area contributed by atoms with Crippen LogP contribution in [-0.4, -0.2) is 24.1 Å². The Labute approximate surface area is 159 Å². The minimum absolute atomic E-state index is 0.0222. The third-order valence-corrected chi connectivity index (χ3v) is 3.92. The van der Waals surface area contributed by atoms with E-state index in [4.69, 9.17) is 9.84 Å². The van der Waals surface area contributed by atoms with Crippen LogP contribution < -0.4 is 10.1 Å². The number of aliphatic carboxylic acids is 1. The molecule has 0 aliphatic carbocycles. The van der Waals surface area contributed by atoms with Gasteiger partial charge >= 0.3 is 12.1 Å². The van der Waals surface area contributed by atoms with E-state index in [1.54, 1.807) is 6.07 Å². The zero-order valence-corrected chi connectivity index (χ0v) is 15.1. The van der Waals surface area contributed by atoms with Gasteiger partial charge < -0.3 is 15.2 Å². The van der Waals surface area contributed by atoms with E-state index in [1.807, 2.05) is 0 Å². The molecule has 2 N–H and O–H groups in total. The normalized spacial score (nSPS) is 11.8. The molecule has 0 unspecified atom stereocenters. The third kappa shape index (κ3) is 5.35. The molecule has 28 heavy (non-hydrogen) atoms. The van der Waals surface area contributed by atoms with Gasteiger partial charge in [-0.25, -0.2) is 4.79 Å². The quantitative estimate of drug-likeness (QED) is 0.724. The Kier molecular flexibility index (Phi) is 6.45. The Morgan fingerprint density at radius 3 is 2.32 bits per heavy atom. The number of carbonyl (C=O) groups is 2. The summed E-state index contributed by atoms with van der Waals surface area (Å²) in [6, 6.07) is 9.09. The van der Waals surface area contributed by atoms with Crippen molar-refractivity contribution >= 4 is 18.0 Å². The first kappa shape index (κ1) is 21.0. The van der Waals surface area contributed by atoms with Gasteiger partial charge in [-0.1, -0.05) is 18.2 Å². The van der Waals surface area contributed by atoms with Crippen LogP contribution in [0, 0.1) is 0 Å². The molecular weight excluding hydrogens is 375 g/mol. The molecule has 2 aromatic rings. The first-order valence-corrected chi connectivity index (χ1v) is 8.16. The number of hydrogen-bond acceptors (Lipinski definition) is 3. The van der Waals surface area contributed by atoms with E-state index in [0.29, 0.717) is 11.1 Å². The van der Waals surface area contributed by atoms with Crippen LogP contribution in [0.4, 0.5) is 13.2 Å². The van der Waals surface area contributed by atoms with E-state index in [-0.39, 0.29) is 23.4 Å². The van der Waals surface area contributed by atoms with Crippen LogP contribution in [0.2, 0.25) is 0 Å². The summed E-state index contributed by atoms with van der Waals surface area (Å²) in [5.74, 6) is -1.29. The maximum absolute atomic E-state index is 12.6. The maximum Gasteiger partial charge on any atom is 0.416 e. The standard InChI is InChI=1S/C20H18F3NO4/c1-12(19(26)27)9-14-5-8-17(28-2)16(10-14)18(25)24-11-13-3-6-15(7-4-13)20(21,22)23/h3-10H,11H2,1-2H3,(H,24,25)(H,26,27)/b12-9-. The molecule has 148 valence electrons. The fourth-order valence-corrected chi connectivity index (χ4v) is 2.39. The average Bonchev–Trinajstić information content (AvgIpc) is 2.65. The molecule has 0 saturated carbocycles. The van der Waals surface area contributed by atoms with Gasteiger partial charge in [-0.05, 0) is 48.4 Å². The first-order valence-electron chi connectivity index (χ1n) is 8.16. The number of amides is 1. The van der Waals surface area contributed by atoms with Gasteiger partial charge in [0.1, 0.15) is 5.75 Å². The predicted octanol–water partition coefficient (Wildman–Crippen LogP) is 4.13. The molecular formula is C20H18F3NO4. The van der Waals surface area contributed by atoms with Gasteiger partial charge in [0.05, 0.1) is 18.2 Å². The lowest BCUT2D eigenvalue weighted by Crippen LogP contribution is -2.23. The minimum Gasteiger partial charge on any atom is -0.496 e. The van der Waals surface area contributed by atoms with Crippen molar-refractivity contribution in [2.24, 2.45) is 0 Å². The van der Waals surface area contributed by atoms with E-state index in [9.17, 15) is 22.8 Å². The van der Waals surface area contributed by atoms with E-state index in [1.165, 1.54) is 44.4 Å². The van der Waals surface area contributed by atoms with Crippen LogP contribution in [-0.2, 0) is 17.5 Å². The highest BCUT2D eigenvalue weighted by molar-refractivity contribution is 5.98. The second-order valence-corrected chi connectivity index (χ2v) is 5.97. The molecule has 0 atom stereocenters. The van der Waals surface area contributed by atoms with Crippen molar-refractivity contribution < 1.29 is 32.6 Å². The molecule has 0 saturated heterocycles. The molecule has 0 aliphatic rings. The monoisotopic (exact) mass is 393 g/mol. The second-order valence-electron chi connectivity index (χ2n) is 5.97. The van der Waals surface area contributed by atoms with Crippen molar-refractivity contribution in [2.45, 2.75) is 19.6 Å². The van der Waals surface area contributed by atoms with Crippen LogP contribution >= 0.6 is 0 Å². The number of rotatable bonds is 6. The highest BCUT2D eigenvalue weighted by atomic mass is 19.4. The number of benzene rings is 2. The van der Waals surface area contributed by atoms with E-state index >= 15 is 0 Å². The van der Waals surface area contributed by atoms with Crippen molar-refractivity contribution in [3.8, 4) is 5.75 Å². The fraction of sp³-hybridized carbons (Fsp3) is 0.200. The summed E-state index contributed by atoms with van der Waals surface area (Å²) in [6.45, 7) is 1.45. The molecule has 0 heterocycles. The van der Waals surface area contributed by atoms with E-state index in [0.717, 1.165) is 12.1 Å². The summed E-state index contributed by atoms with van der Waals surface area (Å²) in [7, 11) is 1.39. The number of carboxylic acid groups (broad SMARTS) is 1. The highest BCUT2D eigenvalue weighted by Crippen LogP contribution is 2.29. The summed E-state index contributed by atoms with van der Waals surface area (Å²) in [5, 5.41) is 11.6. The lowest BCUT2D eigenvalue weighted by atomic mass is 10.1. The van der Waals surface area contributed by atoms with Crippen LogP contribution in [0.5, 0.6) is 5.75 Å². The van der Waals surface area contributed by atoms with Gasteiger partial charge in [0, 0.05) is 12.1 Å². The molecule has 0 aliphatic heterocycles. The van der Waals surface area contributed by atoms with Crippen LogP contribution in [0.15, 0.2) is 48.0 Å². The van der Waals surface area contributed by atoms with Gasteiger partial charge in [-0.15, -0.1) is 0 Å². The molecule has 8 heteroatoms. The van der Waals surface area contributed by atoms with Crippen molar-refractivity contribution in [3.63, 3.8) is 0 Å². The number of methoxy groups -OCH3 is 1. The number of carbonyl (C=O) groups excluding carboxylic acids is 1. The topological polar surface area (TPSA) is 75.6 Å². The zero-order valence-electron chi connectivity index (χ0n) is 15.1. The summed E-state index contributed by atoms with van der Waals surface area (Å²) >= 11 is 0. The number of hydrogen-bond donors (Lipinski definition) is 2. The van der Waals surface area contributed by atoms with Crippen molar-refractivity contribution in [2.75, 3.05) is 7.11 Å². The van der Waals surface area contributed by atoms with Crippen LogP contribution in [0.1, 0.15) is 34.0 Å². The summed E-state index contributed by atoms with van der Waals surface area (Å²) in [4.78, 5) is 23.4. The van der Waals surface area contributed by atoms with Gasteiger partial charge in [0.2, 0.25) is 0 Å². The summed E-state index contributed by atoms with van der Waals surface area (Å²) < 4.78 is 42.9. The number of carboxylic acids is 1. The van der Waals surface area contributed by atoms with Gasteiger partial charge in [-0.2, -0.15) is 13.2 Å². The Balaban J connectivity index is 2.16. The number of alkyl halides is 3. The number of ether oxygens (including phenoxy) is 1. The fourth-order valence-electron chi connectivity index (χ4n) is 2.39. The molecule has 2 rings (SSSR count). The summed E-state index contributed by atoms with van der Waals surface area (Å²) in [5.41, 5.74) is 0.513. The molecule has 0 spiro atoms. The zero-order chi connectivity index (χ0) is 20.9. The average molecular weight is 393 g/mol. The number of nitrogens with one attached hydrogen (secondary N) is 1. The molecule has 0 aromatic heterocycles. The lowest BCUT2D eigenvalue weighted by molar-refractivity contribution is -0.137. The minimum atomic E-state index is -4.42. The van der Waals surface area contributed by atoms with Crippen LogP contribution in [0.3, 0.4) is 0 Å². The summed E-state index contributed by atoms with van der Waals surface area (Å²) in [6.07, 6.45) is -3.01. The molecule has 2 aromatic carbocycles. The molecule has 1 amide bonds. The van der Waals surface area contributed by atoms with Crippen molar-refractivity contribution in [1.82, 2.24) is 5.32 Å². The van der Waals surface area contributed by atoms with Crippen molar-refractivity contribution in [3.05, 3.63) is 70.3 Å². The Morgan fingerprint density at radius 1 is 1.14 bits per heavy atom. The van der Waals surface area contributed by atoms with E-state index in [2.05, 4.69) is 5.32 Å². The van der Waals surface area contributed by atoms with E-state index < -0.39 is 23.6 Å². The predicted molar refractivity (Wildman–Crippen MR) is 96.9 cm³/mol. The number of halogens is 3. The molecule has 0 radical (unpaired) electrons. The highest BCUT2D eigenvalue weighted by Gasteiger charge is 2.29. The maximum atomic E-state index is 12.6. The molecule has 5 nitrogen and oxygen atoms in total. The Bertz CT molecular complexity index is 903. The second kappa shape index (κ2) is 8.60. The SMILES string of the molecule is COc1ccc(/C=C(/C)C(=O)O)cc1C(=O)NCc1ccc(C(F)(F)F)cc1. The largest absolute Gasteiger partial charge is 0.496 e. The lowest BCUT2D eigenvalue weighted by Gasteiger charge is -2.11. The smallest absolute Gasteiger partial charge is 0.416 e. The molecule has 0 bridgehead atoms. The van der Waals surface area contributed by atoms with Crippen LogP contribution in [0.25, 0.3) is 6.08 Å².